The standard InChI is InChI=1S/C17H14N8O2/c18-12-8-13(23-16-10(15(19)26)9-21-25(12)16)22-11-4-3-7-24(17(11)27)14-5-1-2-6-20-14/h1-9H,18H2,(H2,19,26)(H,22,23). The number of nitrogens with one attached hydrogen (secondary N) is 1. The number of amides is 1. The summed E-state index contributed by atoms with van der Waals surface area (Å²) in [6.45, 7) is 0. The van der Waals surface area contributed by atoms with E-state index in [1.54, 1.807) is 42.7 Å². The number of hydrogen-bond donors (Lipinski definition) is 3. The average molecular weight is 362 g/mol. The predicted octanol–water partition coefficient (Wildman–Crippen LogP) is 0.700. The maximum Gasteiger partial charge on any atom is 0.279 e. The molecule has 0 aliphatic rings. The monoisotopic (exact) mass is 362 g/mol. The number of carbonyl (C=O) groups excluding carboxylic acids is 1. The first-order valence-electron chi connectivity index (χ1n) is 7.89. The summed E-state index contributed by atoms with van der Waals surface area (Å²) in [4.78, 5) is 32.8. The molecule has 10 nitrogen and oxygen atoms in total. The fraction of sp³-hybridized carbons (Fsp3) is 0. The van der Waals surface area contributed by atoms with E-state index in [1.807, 2.05) is 0 Å². The number of hydrogen-bond acceptors (Lipinski definition) is 7. The lowest BCUT2D eigenvalue weighted by Gasteiger charge is -2.10. The average Bonchev–Trinajstić information content (AvgIpc) is 3.09. The Hall–Kier alpha value is -4.21. The van der Waals surface area contributed by atoms with Crippen LogP contribution in [0.25, 0.3) is 11.5 Å². The van der Waals surface area contributed by atoms with Crippen LogP contribution in [-0.4, -0.2) is 30.1 Å². The van der Waals surface area contributed by atoms with E-state index in [-0.39, 0.29) is 34.1 Å². The lowest BCUT2D eigenvalue weighted by Crippen LogP contribution is -2.21. The molecule has 0 spiro atoms. The largest absolute Gasteiger partial charge is 0.383 e. The van der Waals surface area contributed by atoms with Crippen LogP contribution >= 0.6 is 0 Å². The van der Waals surface area contributed by atoms with Crippen molar-refractivity contribution in [3.05, 3.63) is 70.9 Å². The van der Waals surface area contributed by atoms with Crippen LogP contribution in [0.4, 0.5) is 17.3 Å². The Kier molecular flexibility index (Phi) is 3.77. The third-order valence-corrected chi connectivity index (χ3v) is 3.87. The Balaban J connectivity index is 1.78. The highest BCUT2D eigenvalue weighted by Gasteiger charge is 2.15. The minimum atomic E-state index is -0.675. The van der Waals surface area contributed by atoms with Gasteiger partial charge in [-0.2, -0.15) is 9.61 Å². The molecule has 4 heterocycles. The molecule has 0 saturated heterocycles. The maximum absolute atomic E-state index is 12.8. The van der Waals surface area contributed by atoms with Crippen LogP contribution < -0.4 is 22.3 Å². The van der Waals surface area contributed by atoms with Crippen LogP contribution in [-0.2, 0) is 0 Å². The maximum atomic E-state index is 12.8. The first-order valence-corrected chi connectivity index (χ1v) is 7.89. The Bertz CT molecular complexity index is 1210. The second-order valence-electron chi connectivity index (χ2n) is 5.63. The Labute approximate surface area is 152 Å². The molecule has 0 saturated carbocycles. The van der Waals surface area contributed by atoms with E-state index >= 15 is 0 Å². The summed E-state index contributed by atoms with van der Waals surface area (Å²) in [5, 5.41) is 6.91. The van der Waals surface area contributed by atoms with Gasteiger partial charge in [0.2, 0.25) is 0 Å². The summed E-state index contributed by atoms with van der Waals surface area (Å²) in [6, 6.07) is 10.1. The Morgan fingerprint density at radius 3 is 2.78 bits per heavy atom. The quantitative estimate of drug-likeness (QED) is 0.484. The van der Waals surface area contributed by atoms with E-state index in [1.165, 1.54) is 21.3 Å². The van der Waals surface area contributed by atoms with Crippen LogP contribution in [0, 0.1) is 0 Å². The third kappa shape index (κ3) is 2.84. The Morgan fingerprint density at radius 1 is 1.19 bits per heavy atom. The van der Waals surface area contributed by atoms with Crippen molar-refractivity contribution < 1.29 is 4.79 Å². The SMILES string of the molecule is NC(=O)c1cnn2c(N)cc(Nc3cccn(-c4ccccn4)c3=O)nc12. The molecule has 0 radical (unpaired) electrons. The molecule has 0 aromatic carbocycles. The van der Waals surface area contributed by atoms with Gasteiger partial charge in [0.25, 0.3) is 11.5 Å². The van der Waals surface area contributed by atoms with Gasteiger partial charge < -0.3 is 16.8 Å². The van der Waals surface area contributed by atoms with Gasteiger partial charge in [-0.05, 0) is 24.3 Å². The zero-order valence-corrected chi connectivity index (χ0v) is 13.9. The van der Waals surface area contributed by atoms with Crippen molar-refractivity contribution in [2.45, 2.75) is 0 Å². The number of aromatic nitrogens is 5. The molecule has 0 unspecified atom stereocenters. The summed E-state index contributed by atoms with van der Waals surface area (Å²) < 4.78 is 2.69. The zero-order valence-electron chi connectivity index (χ0n) is 13.9. The molecule has 0 aliphatic heterocycles. The molecule has 1 amide bonds. The van der Waals surface area contributed by atoms with E-state index in [0.717, 1.165) is 0 Å². The van der Waals surface area contributed by atoms with Gasteiger partial charge in [0.1, 0.15) is 28.7 Å². The van der Waals surface area contributed by atoms with Crippen LogP contribution in [0.5, 0.6) is 0 Å². The lowest BCUT2D eigenvalue weighted by molar-refractivity contribution is 0.100. The van der Waals surface area contributed by atoms with Gasteiger partial charge in [-0.25, -0.2) is 9.97 Å². The summed E-state index contributed by atoms with van der Waals surface area (Å²) in [7, 11) is 0. The van der Waals surface area contributed by atoms with Crippen molar-refractivity contribution in [2.24, 2.45) is 5.73 Å². The van der Waals surface area contributed by atoms with E-state index in [2.05, 4.69) is 20.4 Å². The van der Waals surface area contributed by atoms with E-state index < -0.39 is 5.91 Å². The fourth-order valence-electron chi connectivity index (χ4n) is 2.63. The Morgan fingerprint density at radius 2 is 2.04 bits per heavy atom. The molecule has 0 bridgehead atoms. The summed E-state index contributed by atoms with van der Waals surface area (Å²) in [5.74, 6) is 0.321. The number of nitrogens with two attached hydrogens (primary N) is 2. The van der Waals surface area contributed by atoms with Gasteiger partial charge >= 0.3 is 0 Å². The minimum absolute atomic E-state index is 0.129. The highest BCUT2D eigenvalue weighted by atomic mass is 16.1. The highest BCUT2D eigenvalue weighted by Crippen LogP contribution is 2.19. The van der Waals surface area contributed by atoms with Gasteiger partial charge in [-0.3, -0.25) is 14.2 Å². The van der Waals surface area contributed by atoms with Crippen molar-refractivity contribution in [2.75, 3.05) is 11.1 Å². The molecule has 134 valence electrons. The number of anilines is 3. The number of nitrogen functional groups attached to an aromatic ring is 1. The van der Waals surface area contributed by atoms with E-state index in [0.29, 0.717) is 5.82 Å². The first kappa shape index (κ1) is 16.3. The van der Waals surface area contributed by atoms with E-state index in [9.17, 15) is 9.59 Å². The normalized spacial score (nSPS) is 10.8. The van der Waals surface area contributed by atoms with E-state index in [4.69, 9.17) is 11.5 Å². The molecule has 0 fully saturated rings. The minimum Gasteiger partial charge on any atom is -0.383 e. The summed E-state index contributed by atoms with van der Waals surface area (Å²) >= 11 is 0. The molecule has 27 heavy (non-hydrogen) atoms. The molecular formula is C17H14N8O2. The second kappa shape index (κ2) is 6.26. The second-order valence-corrected chi connectivity index (χ2v) is 5.63. The van der Waals surface area contributed by atoms with Gasteiger partial charge in [-0.1, -0.05) is 6.07 Å². The van der Waals surface area contributed by atoms with Gasteiger partial charge in [0, 0.05) is 18.5 Å². The topological polar surface area (TPSA) is 146 Å². The van der Waals surface area contributed by atoms with Gasteiger partial charge in [0.05, 0.1) is 6.20 Å². The molecule has 4 aromatic heterocycles. The number of fused-ring (bicyclic) bond motifs is 1. The predicted molar refractivity (Wildman–Crippen MR) is 99.0 cm³/mol. The number of rotatable bonds is 4. The fourth-order valence-corrected chi connectivity index (χ4v) is 2.63. The van der Waals surface area contributed by atoms with Crippen LogP contribution in [0.15, 0.2) is 59.8 Å². The summed E-state index contributed by atoms with van der Waals surface area (Å²) in [5.41, 5.74) is 11.6. The van der Waals surface area contributed by atoms with Gasteiger partial charge in [0.15, 0.2) is 5.65 Å². The molecular weight excluding hydrogens is 348 g/mol. The molecule has 0 aliphatic carbocycles. The third-order valence-electron chi connectivity index (χ3n) is 3.87. The number of carbonyl (C=O) groups is 1. The van der Waals surface area contributed by atoms with Crippen molar-refractivity contribution >= 4 is 28.9 Å². The molecule has 4 rings (SSSR count). The van der Waals surface area contributed by atoms with Gasteiger partial charge in [-0.15, -0.1) is 0 Å². The van der Waals surface area contributed by atoms with Crippen molar-refractivity contribution in [1.82, 2.24) is 24.1 Å². The molecule has 10 heteroatoms. The molecule has 0 atom stereocenters. The zero-order chi connectivity index (χ0) is 19.0. The number of primary amides is 1. The molecule has 5 N–H and O–H groups in total. The van der Waals surface area contributed by atoms with Crippen LogP contribution in [0.1, 0.15) is 10.4 Å². The van der Waals surface area contributed by atoms with Crippen LogP contribution in [0.2, 0.25) is 0 Å². The smallest absolute Gasteiger partial charge is 0.279 e. The van der Waals surface area contributed by atoms with Crippen LogP contribution in [0.3, 0.4) is 0 Å². The van der Waals surface area contributed by atoms with Crippen molar-refractivity contribution in [3.8, 4) is 5.82 Å². The number of nitrogens with zero attached hydrogens (tertiary/aromatic N) is 5. The first-order chi connectivity index (χ1) is 13.0. The van der Waals surface area contributed by atoms with Crippen molar-refractivity contribution in [1.29, 1.82) is 0 Å². The summed E-state index contributed by atoms with van der Waals surface area (Å²) in [6.07, 6.45) is 4.51. The lowest BCUT2D eigenvalue weighted by atomic mass is 10.3. The highest BCUT2D eigenvalue weighted by molar-refractivity contribution is 5.98. The number of pyridine rings is 2. The van der Waals surface area contributed by atoms with Crippen molar-refractivity contribution in [3.63, 3.8) is 0 Å². The molecule has 4 aromatic rings.